The maximum atomic E-state index is 6.09. The van der Waals surface area contributed by atoms with Gasteiger partial charge < -0.3 is 4.74 Å². The zero-order valence-electron chi connectivity index (χ0n) is 17.8. The van der Waals surface area contributed by atoms with Crippen LogP contribution in [-0.2, 0) is 10.8 Å². The molecular weight excluding hydrogens is 320 g/mol. The molecule has 0 aliphatic heterocycles. The Bertz CT molecular complexity index is 727. The van der Waals surface area contributed by atoms with Gasteiger partial charge in [0, 0.05) is 16.5 Å². The Balaban J connectivity index is 2.88. The number of allylic oxidation sites excluding steroid dienone is 4. The van der Waals surface area contributed by atoms with Crippen LogP contribution in [0.5, 0.6) is 5.75 Å². The molecule has 0 saturated carbocycles. The molecule has 1 aromatic rings. The van der Waals surface area contributed by atoms with E-state index < -0.39 is 8.80 Å². The SMILES string of the molecule is COc1c(C(C)(C)C)cc(C)c([Si](C)C)c1C(C)(C)C1=CCC(C)=C1. The first-order valence-corrected chi connectivity index (χ1v) is 11.8. The van der Waals surface area contributed by atoms with E-state index in [0.717, 1.165) is 12.2 Å². The molecule has 0 bridgehead atoms. The van der Waals surface area contributed by atoms with E-state index in [1.165, 1.54) is 27.8 Å². The summed E-state index contributed by atoms with van der Waals surface area (Å²) in [5, 5.41) is 1.54. The first kappa shape index (κ1) is 20.0. The summed E-state index contributed by atoms with van der Waals surface area (Å²) in [7, 11) is 1.22. The third kappa shape index (κ3) is 3.65. The minimum atomic E-state index is -0.618. The molecule has 1 aliphatic rings. The predicted octanol–water partition coefficient (Wildman–Crippen LogP) is 5.82. The highest BCUT2D eigenvalue weighted by Crippen LogP contribution is 2.44. The summed E-state index contributed by atoms with van der Waals surface area (Å²) in [6.07, 6.45) is 5.85. The quantitative estimate of drug-likeness (QED) is 0.619. The van der Waals surface area contributed by atoms with Gasteiger partial charge in [-0.3, -0.25) is 0 Å². The van der Waals surface area contributed by atoms with Crippen molar-refractivity contribution in [2.75, 3.05) is 7.11 Å². The lowest BCUT2D eigenvalue weighted by atomic mass is 9.73. The third-order valence-electron chi connectivity index (χ3n) is 5.38. The van der Waals surface area contributed by atoms with Gasteiger partial charge in [-0.15, -0.1) is 0 Å². The molecule has 0 N–H and O–H groups in total. The van der Waals surface area contributed by atoms with Gasteiger partial charge in [0.1, 0.15) is 5.75 Å². The van der Waals surface area contributed by atoms with Crippen molar-refractivity contribution in [3.8, 4) is 5.75 Å². The van der Waals surface area contributed by atoms with Crippen molar-refractivity contribution in [3.05, 3.63) is 46.1 Å². The maximum absolute atomic E-state index is 6.09. The molecule has 0 aromatic heterocycles. The molecule has 0 heterocycles. The predicted molar refractivity (Wildman–Crippen MR) is 113 cm³/mol. The maximum Gasteiger partial charge on any atom is 0.126 e. The topological polar surface area (TPSA) is 9.23 Å². The van der Waals surface area contributed by atoms with E-state index in [1.54, 1.807) is 5.19 Å². The molecule has 2 heteroatoms. The van der Waals surface area contributed by atoms with Crippen LogP contribution in [0, 0.1) is 6.92 Å². The monoisotopic (exact) mass is 355 g/mol. The molecule has 1 aliphatic carbocycles. The second-order valence-electron chi connectivity index (χ2n) is 9.25. The Morgan fingerprint density at radius 2 is 1.64 bits per heavy atom. The van der Waals surface area contributed by atoms with Crippen molar-refractivity contribution in [2.24, 2.45) is 0 Å². The number of hydrogen-bond donors (Lipinski definition) is 0. The third-order valence-corrected chi connectivity index (χ3v) is 7.03. The van der Waals surface area contributed by atoms with Crippen LogP contribution in [-0.4, -0.2) is 15.9 Å². The number of methoxy groups -OCH3 is 1. The standard InChI is InChI=1S/C23H35OSi/c1-15-11-12-17(13-15)23(6,7)19-20(24-8)18(22(3,4)5)14-16(2)21(19)25(9)10/h12-14H,11H2,1-10H3. The van der Waals surface area contributed by atoms with Crippen LogP contribution in [0.1, 0.15) is 64.7 Å². The lowest BCUT2D eigenvalue weighted by molar-refractivity contribution is 0.385. The second-order valence-corrected chi connectivity index (χ2v) is 11.8. The highest BCUT2D eigenvalue weighted by atomic mass is 28.3. The molecule has 0 unspecified atom stereocenters. The second kappa shape index (κ2) is 6.79. The zero-order valence-corrected chi connectivity index (χ0v) is 18.8. The van der Waals surface area contributed by atoms with E-state index in [0.29, 0.717) is 0 Å². The summed E-state index contributed by atoms with van der Waals surface area (Å²) < 4.78 is 6.09. The van der Waals surface area contributed by atoms with Gasteiger partial charge in [0.05, 0.1) is 15.9 Å². The number of rotatable bonds is 4. The number of aryl methyl sites for hydroxylation is 1. The van der Waals surface area contributed by atoms with Gasteiger partial charge in [-0.2, -0.15) is 0 Å². The van der Waals surface area contributed by atoms with E-state index in [4.69, 9.17) is 4.74 Å². The average molecular weight is 356 g/mol. The Labute approximate surface area is 156 Å². The lowest BCUT2D eigenvalue weighted by Gasteiger charge is -2.36. The van der Waals surface area contributed by atoms with Gasteiger partial charge in [0.15, 0.2) is 0 Å². The van der Waals surface area contributed by atoms with Gasteiger partial charge in [-0.05, 0) is 31.3 Å². The largest absolute Gasteiger partial charge is 0.496 e. The highest BCUT2D eigenvalue weighted by Gasteiger charge is 2.36. The molecule has 1 radical (unpaired) electrons. The fourth-order valence-electron chi connectivity index (χ4n) is 4.04. The van der Waals surface area contributed by atoms with Gasteiger partial charge in [0.2, 0.25) is 0 Å². The van der Waals surface area contributed by atoms with E-state index >= 15 is 0 Å². The Kier molecular flexibility index (Phi) is 5.44. The van der Waals surface area contributed by atoms with Crippen molar-refractivity contribution < 1.29 is 4.74 Å². The van der Waals surface area contributed by atoms with Crippen molar-refractivity contribution in [3.63, 3.8) is 0 Å². The number of ether oxygens (including phenoxy) is 1. The molecule has 0 amide bonds. The summed E-state index contributed by atoms with van der Waals surface area (Å²) in [4.78, 5) is 0. The van der Waals surface area contributed by atoms with E-state index in [-0.39, 0.29) is 10.8 Å². The number of hydrogen-bond acceptors (Lipinski definition) is 1. The molecule has 0 fully saturated rings. The van der Waals surface area contributed by atoms with Crippen molar-refractivity contribution in [1.29, 1.82) is 0 Å². The van der Waals surface area contributed by atoms with E-state index in [1.807, 2.05) is 7.11 Å². The first-order valence-electron chi connectivity index (χ1n) is 9.32. The molecule has 0 atom stereocenters. The van der Waals surface area contributed by atoms with Gasteiger partial charge >= 0.3 is 0 Å². The van der Waals surface area contributed by atoms with Crippen molar-refractivity contribution in [2.45, 2.75) is 78.8 Å². The molecular formula is C23H35OSi. The highest BCUT2D eigenvalue weighted by molar-refractivity contribution is 6.71. The Hall–Kier alpha value is -1.28. The minimum Gasteiger partial charge on any atom is -0.496 e. The Morgan fingerprint density at radius 3 is 2.04 bits per heavy atom. The van der Waals surface area contributed by atoms with Crippen molar-refractivity contribution in [1.82, 2.24) is 0 Å². The first-order chi connectivity index (χ1) is 11.4. The van der Waals surface area contributed by atoms with Gasteiger partial charge in [0.25, 0.3) is 0 Å². The van der Waals surface area contributed by atoms with Crippen molar-refractivity contribution >= 4 is 14.0 Å². The minimum absolute atomic E-state index is 0.0492. The summed E-state index contributed by atoms with van der Waals surface area (Å²) in [6.45, 7) is 20.9. The average Bonchev–Trinajstić information content (AvgIpc) is 2.92. The number of benzene rings is 1. The van der Waals surface area contributed by atoms with Crippen LogP contribution in [0.4, 0.5) is 0 Å². The lowest BCUT2D eigenvalue weighted by Crippen LogP contribution is -2.38. The molecule has 0 spiro atoms. The van der Waals surface area contributed by atoms with E-state index in [2.05, 4.69) is 79.8 Å². The summed E-state index contributed by atoms with van der Waals surface area (Å²) in [6, 6.07) is 2.37. The molecule has 0 saturated heterocycles. The van der Waals surface area contributed by atoms with E-state index in [9.17, 15) is 0 Å². The summed E-state index contributed by atoms with van der Waals surface area (Å²) in [5.74, 6) is 1.10. The smallest absolute Gasteiger partial charge is 0.126 e. The van der Waals surface area contributed by atoms with Crippen LogP contribution in [0.25, 0.3) is 0 Å². The van der Waals surface area contributed by atoms with Crippen LogP contribution in [0.2, 0.25) is 13.1 Å². The molecule has 1 nitrogen and oxygen atoms in total. The van der Waals surface area contributed by atoms with Crippen LogP contribution in [0.15, 0.2) is 29.4 Å². The summed E-state index contributed by atoms with van der Waals surface area (Å²) in [5.41, 5.74) is 7.05. The Morgan fingerprint density at radius 1 is 1.04 bits per heavy atom. The normalized spacial score (nSPS) is 15.5. The molecule has 1 aromatic carbocycles. The van der Waals surface area contributed by atoms with Gasteiger partial charge in [-0.25, -0.2) is 0 Å². The van der Waals surface area contributed by atoms with Gasteiger partial charge in [-0.1, -0.05) is 82.3 Å². The fourth-order valence-corrected chi connectivity index (χ4v) is 5.83. The summed E-state index contributed by atoms with van der Waals surface area (Å²) >= 11 is 0. The fraction of sp³-hybridized carbons (Fsp3) is 0.565. The van der Waals surface area contributed by atoms with Crippen LogP contribution in [0.3, 0.4) is 0 Å². The molecule has 2 rings (SSSR count). The molecule has 137 valence electrons. The molecule has 25 heavy (non-hydrogen) atoms. The zero-order chi connectivity index (χ0) is 19.2. The van der Waals surface area contributed by atoms with Crippen LogP contribution < -0.4 is 9.92 Å². The van der Waals surface area contributed by atoms with Crippen LogP contribution >= 0.6 is 0 Å².